The van der Waals surface area contributed by atoms with E-state index in [-0.39, 0.29) is 6.10 Å². The largest absolute Gasteiger partial charge is 0.374 e. The summed E-state index contributed by atoms with van der Waals surface area (Å²) in [6, 6.07) is 8.29. The third kappa shape index (κ3) is 3.15. The Morgan fingerprint density at radius 1 is 1.45 bits per heavy atom. The lowest BCUT2D eigenvalue weighted by molar-refractivity contribution is -0.0181. The van der Waals surface area contributed by atoms with Crippen molar-refractivity contribution in [3.63, 3.8) is 0 Å². The summed E-state index contributed by atoms with van der Waals surface area (Å²) >= 11 is 8.20. The van der Waals surface area contributed by atoms with Crippen LogP contribution in [0.15, 0.2) is 24.3 Å². The number of benzene rings is 1. The topological polar surface area (TPSA) is 24.5 Å². The summed E-state index contributed by atoms with van der Waals surface area (Å²) in [5.74, 6) is 0. The highest BCUT2D eigenvalue weighted by molar-refractivity contribution is 7.19. The minimum absolute atomic E-state index is 0.280. The predicted octanol–water partition coefficient (Wildman–Crippen LogP) is 2.97. The van der Waals surface area contributed by atoms with E-state index in [0.29, 0.717) is 0 Å². The van der Waals surface area contributed by atoms with Crippen molar-refractivity contribution < 1.29 is 4.74 Å². The van der Waals surface area contributed by atoms with Crippen molar-refractivity contribution in [3.8, 4) is 0 Å². The molecule has 0 saturated carbocycles. The molecule has 1 atom stereocenters. The van der Waals surface area contributed by atoms with Gasteiger partial charge in [0, 0.05) is 41.1 Å². The van der Waals surface area contributed by atoms with E-state index in [2.05, 4.69) is 35.5 Å². The summed E-state index contributed by atoms with van der Waals surface area (Å²) in [6.45, 7) is 4.52. The average Bonchev–Trinajstić information content (AvgIpc) is 2.76. The molecule has 2 heterocycles. The van der Waals surface area contributed by atoms with Crippen molar-refractivity contribution in [2.75, 3.05) is 33.3 Å². The zero-order valence-electron chi connectivity index (χ0n) is 11.6. The Hall–Kier alpha value is -0.650. The van der Waals surface area contributed by atoms with E-state index in [9.17, 15) is 0 Å². The van der Waals surface area contributed by atoms with Crippen molar-refractivity contribution in [2.24, 2.45) is 0 Å². The smallest absolute Gasteiger partial charge is 0.0826 e. The van der Waals surface area contributed by atoms with E-state index in [1.165, 1.54) is 9.58 Å². The van der Waals surface area contributed by atoms with Crippen LogP contribution in [-0.4, -0.2) is 44.3 Å². The van der Waals surface area contributed by atoms with Crippen molar-refractivity contribution in [1.29, 1.82) is 0 Å². The molecule has 0 radical (unpaired) electrons. The fourth-order valence-electron chi connectivity index (χ4n) is 2.52. The molecule has 3 rings (SSSR count). The average molecular weight is 311 g/mol. The molecule has 2 aromatic rings. The molecule has 0 bridgehead atoms. The van der Waals surface area contributed by atoms with Gasteiger partial charge in [-0.15, -0.1) is 11.3 Å². The van der Waals surface area contributed by atoms with Crippen LogP contribution in [0.3, 0.4) is 0 Å². The zero-order valence-corrected chi connectivity index (χ0v) is 13.1. The molecule has 1 aliphatic rings. The maximum absolute atomic E-state index is 6.43. The third-order valence-corrected chi connectivity index (χ3v) is 5.32. The minimum Gasteiger partial charge on any atom is -0.374 e. The van der Waals surface area contributed by atoms with Gasteiger partial charge in [0.1, 0.15) is 0 Å². The molecule has 3 nitrogen and oxygen atoms in total. The number of nitrogens with zero attached hydrogens (tertiary/aromatic N) is 1. The Kier molecular flexibility index (Phi) is 4.58. The van der Waals surface area contributed by atoms with Crippen LogP contribution in [0, 0.1) is 0 Å². The van der Waals surface area contributed by atoms with Gasteiger partial charge in [0.25, 0.3) is 0 Å². The van der Waals surface area contributed by atoms with Crippen LogP contribution in [0.5, 0.6) is 0 Å². The van der Waals surface area contributed by atoms with Crippen LogP contribution in [-0.2, 0) is 11.3 Å². The quantitative estimate of drug-likeness (QED) is 0.939. The van der Waals surface area contributed by atoms with Crippen molar-refractivity contribution in [1.82, 2.24) is 10.2 Å². The number of thiophene rings is 1. The van der Waals surface area contributed by atoms with Crippen LogP contribution < -0.4 is 5.32 Å². The van der Waals surface area contributed by atoms with Gasteiger partial charge in [-0.05, 0) is 13.1 Å². The van der Waals surface area contributed by atoms with Crippen LogP contribution in [0.1, 0.15) is 4.88 Å². The molecule has 20 heavy (non-hydrogen) atoms. The van der Waals surface area contributed by atoms with Gasteiger partial charge in [-0.2, -0.15) is 0 Å². The van der Waals surface area contributed by atoms with E-state index in [0.717, 1.165) is 43.2 Å². The number of morpholine rings is 1. The molecule has 1 saturated heterocycles. The number of halogens is 1. The van der Waals surface area contributed by atoms with E-state index >= 15 is 0 Å². The first-order valence-corrected chi connectivity index (χ1v) is 8.10. The molecule has 1 aliphatic heterocycles. The molecule has 1 aromatic heterocycles. The highest BCUT2D eigenvalue weighted by Gasteiger charge is 2.17. The SMILES string of the molecule is CN1CCOC(CNCc2sc3ccccc3c2Cl)C1. The Morgan fingerprint density at radius 2 is 2.30 bits per heavy atom. The highest BCUT2D eigenvalue weighted by atomic mass is 35.5. The third-order valence-electron chi connectivity index (χ3n) is 3.60. The summed E-state index contributed by atoms with van der Waals surface area (Å²) < 4.78 is 6.99. The number of hydrogen-bond donors (Lipinski definition) is 1. The maximum atomic E-state index is 6.43. The van der Waals surface area contributed by atoms with Gasteiger partial charge in [-0.1, -0.05) is 29.8 Å². The summed E-state index contributed by atoms with van der Waals surface area (Å²) in [7, 11) is 2.14. The van der Waals surface area contributed by atoms with Gasteiger partial charge in [-0.25, -0.2) is 0 Å². The van der Waals surface area contributed by atoms with E-state index in [1.807, 2.05) is 6.07 Å². The van der Waals surface area contributed by atoms with Crippen LogP contribution in [0.4, 0.5) is 0 Å². The first-order valence-electron chi connectivity index (χ1n) is 6.91. The highest BCUT2D eigenvalue weighted by Crippen LogP contribution is 2.34. The molecule has 5 heteroatoms. The molecular formula is C15H19ClN2OS. The van der Waals surface area contributed by atoms with Crippen LogP contribution in [0.25, 0.3) is 10.1 Å². The summed E-state index contributed by atoms with van der Waals surface area (Å²) in [4.78, 5) is 3.51. The first-order chi connectivity index (χ1) is 9.74. The fourth-order valence-corrected chi connectivity index (χ4v) is 3.98. The summed E-state index contributed by atoms with van der Waals surface area (Å²) in [5, 5.41) is 5.51. The van der Waals surface area contributed by atoms with E-state index < -0.39 is 0 Å². The van der Waals surface area contributed by atoms with Crippen molar-refractivity contribution in [3.05, 3.63) is 34.2 Å². The van der Waals surface area contributed by atoms with E-state index in [4.69, 9.17) is 16.3 Å². The van der Waals surface area contributed by atoms with Crippen LogP contribution in [0.2, 0.25) is 5.02 Å². The number of nitrogens with one attached hydrogen (secondary N) is 1. The Balaban J connectivity index is 1.58. The molecule has 1 aromatic carbocycles. The second kappa shape index (κ2) is 6.41. The molecule has 0 aliphatic carbocycles. The Morgan fingerprint density at radius 3 is 3.10 bits per heavy atom. The standard InChI is InChI=1S/C15H19ClN2OS/c1-18-6-7-19-11(10-18)8-17-9-14-15(16)12-4-2-3-5-13(12)20-14/h2-5,11,17H,6-10H2,1H3. The second-order valence-corrected chi connectivity index (χ2v) is 6.74. The molecule has 108 valence electrons. The Labute approximate surface area is 128 Å². The summed E-state index contributed by atoms with van der Waals surface area (Å²) in [5.41, 5.74) is 0. The van der Waals surface area contributed by atoms with Gasteiger partial charge >= 0.3 is 0 Å². The Bertz CT molecular complexity index is 586. The van der Waals surface area contributed by atoms with Gasteiger partial charge in [0.2, 0.25) is 0 Å². The number of likely N-dealkylation sites (N-methyl/N-ethyl adjacent to an activating group) is 1. The van der Waals surface area contributed by atoms with Crippen molar-refractivity contribution in [2.45, 2.75) is 12.6 Å². The first kappa shape index (κ1) is 14.3. The second-order valence-electron chi connectivity index (χ2n) is 5.22. The summed E-state index contributed by atoms with van der Waals surface area (Å²) in [6.07, 6.45) is 0.280. The monoisotopic (exact) mass is 310 g/mol. The van der Waals surface area contributed by atoms with Gasteiger partial charge < -0.3 is 15.0 Å². The predicted molar refractivity (Wildman–Crippen MR) is 85.8 cm³/mol. The number of rotatable bonds is 4. The van der Waals surface area contributed by atoms with Crippen molar-refractivity contribution >= 4 is 33.0 Å². The molecule has 0 spiro atoms. The lowest BCUT2D eigenvalue weighted by atomic mass is 10.2. The van der Waals surface area contributed by atoms with Gasteiger partial charge in [0.15, 0.2) is 0 Å². The molecule has 1 N–H and O–H groups in total. The lowest BCUT2D eigenvalue weighted by Gasteiger charge is -2.30. The number of fused-ring (bicyclic) bond motifs is 1. The molecular weight excluding hydrogens is 292 g/mol. The minimum atomic E-state index is 0.280. The lowest BCUT2D eigenvalue weighted by Crippen LogP contribution is -2.44. The molecule has 1 unspecified atom stereocenters. The number of hydrogen-bond acceptors (Lipinski definition) is 4. The maximum Gasteiger partial charge on any atom is 0.0826 e. The number of ether oxygens (including phenoxy) is 1. The van der Waals surface area contributed by atoms with Crippen LogP contribution >= 0.6 is 22.9 Å². The molecule has 0 amide bonds. The fraction of sp³-hybridized carbons (Fsp3) is 0.467. The van der Waals surface area contributed by atoms with Gasteiger partial charge in [-0.3, -0.25) is 0 Å². The normalized spacial score (nSPS) is 20.6. The molecule has 1 fully saturated rings. The van der Waals surface area contributed by atoms with E-state index in [1.54, 1.807) is 11.3 Å². The van der Waals surface area contributed by atoms with Gasteiger partial charge in [0.05, 0.1) is 17.7 Å². The zero-order chi connectivity index (χ0) is 13.9.